The number of nitrogens with zero attached hydrogens (tertiary/aromatic N) is 3. The molecule has 0 fully saturated rings. The van der Waals surface area contributed by atoms with Crippen molar-refractivity contribution in [1.29, 1.82) is 0 Å². The van der Waals surface area contributed by atoms with Crippen molar-refractivity contribution >= 4 is 33.8 Å². The second kappa shape index (κ2) is 7.81. The van der Waals surface area contributed by atoms with Crippen LogP contribution >= 0.6 is 22.9 Å². The van der Waals surface area contributed by atoms with E-state index in [1.807, 2.05) is 59.8 Å². The molecule has 0 aliphatic carbocycles. The molecular weight excluding hydrogens is 394 g/mol. The topological polar surface area (TPSA) is 47.0 Å². The van der Waals surface area contributed by atoms with Gasteiger partial charge in [-0.1, -0.05) is 23.7 Å². The molecule has 0 saturated heterocycles. The number of halogens is 1. The summed E-state index contributed by atoms with van der Waals surface area (Å²) in [7, 11) is 3.32. The maximum absolute atomic E-state index is 6.09. The van der Waals surface area contributed by atoms with E-state index in [0.717, 1.165) is 45.6 Å². The third-order valence-corrected chi connectivity index (χ3v) is 5.89. The van der Waals surface area contributed by atoms with Gasteiger partial charge < -0.3 is 9.47 Å². The predicted molar refractivity (Wildman–Crippen MR) is 114 cm³/mol. The highest BCUT2D eigenvalue weighted by molar-refractivity contribution is 7.13. The highest BCUT2D eigenvalue weighted by Crippen LogP contribution is 2.40. The van der Waals surface area contributed by atoms with Gasteiger partial charge >= 0.3 is 0 Å². The molecule has 28 heavy (non-hydrogen) atoms. The van der Waals surface area contributed by atoms with Crippen molar-refractivity contribution in [2.24, 2.45) is 5.10 Å². The van der Waals surface area contributed by atoms with Gasteiger partial charge in [-0.2, -0.15) is 5.10 Å². The monoisotopic (exact) mass is 413 g/mol. The fraction of sp³-hybridized carbons (Fsp3) is 0.238. The van der Waals surface area contributed by atoms with Crippen LogP contribution in [0.5, 0.6) is 11.5 Å². The molecule has 1 atom stereocenters. The number of aromatic nitrogens is 1. The number of thiazole rings is 1. The van der Waals surface area contributed by atoms with Crippen molar-refractivity contribution in [3.8, 4) is 11.5 Å². The van der Waals surface area contributed by atoms with Gasteiger partial charge in [0.2, 0.25) is 5.13 Å². The zero-order chi connectivity index (χ0) is 19.7. The van der Waals surface area contributed by atoms with Gasteiger partial charge in [-0.05, 0) is 42.8 Å². The largest absolute Gasteiger partial charge is 0.497 e. The second-order valence-electron chi connectivity index (χ2n) is 6.50. The van der Waals surface area contributed by atoms with Crippen LogP contribution in [0.2, 0.25) is 5.02 Å². The van der Waals surface area contributed by atoms with Gasteiger partial charge in [0.15, 0.2) is 0 Å². The molecule has 1 aliphatic rings. The summed E-state index contributed by atoms with van der Waals surface area (Å²) in [6.45, 7) is 1.99. The van der Waals surface area contributed by atoms with Gasteiger partial charge in [0.1, 0.15) is 11.5 Å². The average Bonchev–Trinajstić information content (AvgIpc) is 3.34. The standard InChI is InChI=1S/C21H20ClN3O2S/c1-13-12-28-21(23-13)25-19(14-4-6-15(22)7-5-14)11-18(24-25)17-10-16(26-2)8-9-20(17)27-3/h4-10,12,19H,11H2,1-3H3/t19-/m0/s1. The molecule has 0 amide bonds. The smallest absolute Gasteiger partial charge is 0.206 e. The molecule has 0 spiro atoms. The van der Waals surface area contributed by atoms with E-state index < -0.39 is 0 Å². The minimum absolute atomic E-state index is 0.0359. The van der Waals surface area contributed by atoms with E-state index in [0.29, 0.717) is 5.02 Å². The second-order valence-corrected chi connectivity index (χ2v) is 7.77. The van der Waals surface area contributed by atoms with Crippen LogP contribution in [0.3, 0.4) is 0 Å². The summed E-state index contributed by atoms with van der Waals surface area (Å²) in [6, 6.07) is 13.7. The highest BCUT2D eigenvalue weighted by Gasteiger charge is 2.32. The van der Waals surface area contributed by atoms with Crippen molar-refractivity contribution in [3.63, 3.8) is 0 Å². The summed E-state index contributed by atoms with van der Waals surface area (Å²) < 4.78 is 11.0. The Morgan fingerprint density at radius 1 is 1.11 bits per heavy atom. The van der Waals surface area contributed by atoms with Crippen molar-refractivity contribution in [2.75, 3.05) is 19.2 Å². The Morgan fingerprint density at radius 3 is 2.54 bits per heavy atom. The van der Waals surface area contributed by atoms with Gasteiger partial charge in [0, 0.05) is 22.4 Å². The first-order valence-electron chi connectivity index (χ1n) is 8.85. The normalized spacial score (nSPS) is 16.2. The van der Waals surface area contributed by atoms with Crippen molar-refractivity contribution < 1.29 is 9.47 Å². The summed E-state index contributed by atoms with van der Waals surface area (Å²) in [5.74, 6) is 1.54. The van der Waals surface area contributed by atoms with E-state index in [-0.39, 0.29) is 6.04 Å². The number of methoxy groups -OCH3 is 2. The number of anilines is 1. The molecule has 1 aromatic heterocycles. The van der Waals surface area contributed by atoms with Crippen LogP contribution < -0.4 is 14.5 Å². The zero-order valence-electron chi connectivity index (χ0n) is 15.8. The highest BCUT2D eigenvalue weighted by atomic mass is 35.5. The maximum Gasteiger partial charge on any atom is 0.206 e. The molecule has 0 unspecified atom stereocenters. The van der Waals surface area contributed by atoms with Crippen LogP contribution in [0, 0.1) is 6.92 Å². The summed E-state index contributed by atoms with van der Waals surface area (Å²) in [4.78, 5) is 4.65. The summed E-state index contributed by atoms with van der Waals surface area (Å²) in [5, 5.41) is 10.6. The lowest BCUT2D eigenvalue weighted by Crippen LogP contribution is -2.18. The Morgan fingerprint density at radius 2 is 1.89 bits per heavy atom. The average molecular weight is 414 g/mol. The van der Waals surface area contributed by atoms with Crippen LogP contribution in [0.25, 0.3) is 0 Å². The molecule has 1 aliphatic heterocycles. The molecule has 2 aromatic carbocycles. The first-order valence-corrected chi connectivity index (χ1v) is 10.1. The Kier molecular flexibility index (Phi) is 5.24. The molecule has 5 nitrogen and oxygen atoms in total. The molecule has 0 saturated carbocycles. The van der Waals surface area contributed by atoms with Crippen molar-refractivity contribution in [1.82, 2.24) is 4.98 Å². The fourth-order valence-corrected chi connectivity index (χ4v) is 4.21. The van der Waals surface area contributed by atoms with E-state index in [1.54, 1.807) is 25.6 Å². The fourth-order valence-electron chi connectivity index (χ4n) is 3.28. The lowest BCUT2D eigenvalue weighted by molar-refractivity contribution is 0.402. The number of rotatable bonds is 5. The minimum atomic E-state index is 0.0359. The molecule has 7 heteroatoms. The molecule has 0 bridgehead atoms. The number of ether oxygens (including phenoxy) is 2. The summed E-state index contributed by atoms with van der Waals surface area (Å²) in [5.41, 5.74) is 3.98. The van der Waals surface area contributed by atoms with E-state index in [2.05, 4.69) is 4.98 Å². The predicted octanol–water partition coefficient (Wildman–Crippen LogP) is 5.48. The minimum Gasteiger partial charge on any atom is -0.497 e. The lowest BCUT2D eigenvalue weighted by atomic mass is 9.98. The van der Waals surface area contributed by atoms with E-state index in [4.69, 9.17) is 26.2 Å². The van der Waals surface area contributed by atoms with Crippen LogP contribution in [0.15, 0.2) is 52.9 Å². The van der Waals surface area contributed by atoms with E-state index in [1.165, 1.54) is 0 Å². The number of hydrazone groups is 1. The third kappa shape index (κ3) is 3.57. The van der Waals surface area contributed by atoms with Crippen molar-refractivity contribution in [2.45, 2.75) is 19.4 Å². The van der Waals surface area contributed by atoms with Gasteiger partial charge in [0.05, 0.1) is 31.7 Å². The Labute approximate surface area is 173 Å². The Balaban J connectivity index is 1.78. The Hall–Kier alpha value is -2.57. The number of benzene rings is 2. The van der Waals surface area contributed by atoms with Gasteiger partial charge in [-0.15, -0.1) is 11.3 Å². The van der Waals surface area contributed by atoms with Crippen LogP contribution in [0.1, 0.15) is 29.3 Å². The summed E-state index contributed by atoms with van der Waals surface area (Å²) in [6.07, 6.45) is 0.726. The molecule has 0 N–H and O–H groups in total. The number of aryl methyl sites for hydroxylation is 1. The van der Waals surface area contributed by atoms with Crippen LogP contribution in [0.4, 0.5) is 5.13 Å². The van der Waals surface area contributed by atoms with Gasteiger partial charge in [-0.25, -0.2) is 9.99 Å². The Bertz CT molecular complexity index is 1020. The first kappa shape index (κ1) is 18.8. The molecular formula is C21H20ClN3O2S. The zero-order valence-corrected chi connectivity index (χ0v) is 17.4. The number of hydrogen-bond acceptors (Lipinski definition) is 6. The summed E-state index contributed by atoms with van der Waals surface area (Å²) >= 11 is 7.68. The number of hydrogen-bond donors (Lipinski definition) is 0. The molecule has 4 rings (SSSR count). The lowest BCUT2D eigenvalue weighted by Gasteiger charge is -2.21. The van der Waals surface area contributed by atoms with Gasteiger partial charge in [-0.3, -0.25) is 0 Å². The van der Waals surface area contributed by atoms with Crippen LogP contribution in [-0.4, -0.2) is 24.9 Å². The molecule has 3 aromatic rings. The third-order valence-electron chi connectivity index (χ3n) is 4.69. The quantitative estimate of drug-likeness (QED) is 0.555. The molecule has 2 heterocycles. The SMILES string of the molecule is COc1ccc(OC)c(C2=NN(c3nc(C)cs3)[C@H](c3ccc(Cl)cc3)C2)c1. The van der Waals surface area contributed by atoms with E-state index >= 15 is 0 Å². The van der Waals surface area contributed by atoms with Crippen LogP contribution in [-0.2, 0) is 0 Å². The maximum atomic E-state index is 6.09. The van der Waals surface area contributed by atoms with E-state index in [9.17, 15) is 0 Å². The van der Waals surface area contributed by atoms with Gasteiger partial charge in [0.25, 0.3) is 0 Å². The molecule has 0 radical (unpaired) electrons. The molecule has 144 valence electrons. The van der Waals surface area contributed by atoms with Crippen molar-refractivity contribution in [3.05, 3.63) is 69.7 Å². The first-order chi connectivity index (χ1) is 13.6.